The minimum absolute atomic E-state index is 0.00624. The number of likely N-dealkylation sites (tertiary alicyclic amines) is 1. The van der Waals surface area contributed by atoms with E-state index in [0.717, 1.165) is 29.3 Å². The second-order valence-electron chi connectivity index (χ2n) is 5.76. The molecule has 1 fully saturated rings. The molecule has 8 heteroatoms. The highest BCUT2D eigenvalue weighted by Gasteiger charge is 2.26. The summed E-state index contributed by atoms with van der Waals surface area (Å²) in [5.74, 6) is 0.290. The third-order valence-corrected chi connectivity index (χ3v) is 5.47. The van der Waals surface area contributed by atoms with E-state index in [1.807, 2.05) is 0 Å². The Labute approximate surface area is 143 Å². The van der Waals surface area contributed by atoms with Gasteiger partial charge in [-0.15, -0.1) is 21.5 Å². The van der Waals surface area contributed by atoms with Crippen LogP contribution in [0.1, 0.15) is 46.1 Å². The normalized spacial score (nSPS) is 15.5. The summed E-state index contributed by atoms with van der Waals surface area (Å²) >= 11 is 1.66. The van der Waals surface area contributed by atoms with E-state index in [0.29, 0.717) is 24.6 Å². The Morgan fingerprint density at radius 1 is 1.29 bits per heavy atom. The lowest BCUT2D eigenvalue weighted by Gasteiger charge is -2.31. The monoisotopic (exact) mass is 346 g/mol. The maximum Gasteiger partial charge on any atom is 0.269 e. The Bertz CT molecular complexity index is 736. The predicted molar refractivity (Wildman–Crippen MR) is 90.3 cm³/mol. The molecule has 1 aromatic heterocycles. The standard InChI is InChI=1S/C16H18N4O3S/c1-2-14-17-18-15(24-14)11-7-9-19(10-8-11)16(21)12-3-5-13(6-4-12)20(22)23/h3-6,11H,2,7-10H2,1H3. The number of carbonyl (C=O) groups is 1. The van der Waals surface area contributed by atoms with E-state index in [4.69, 9.17) is 0 Å². The van der Waals surface area contributed by atoms with Crippen LogP contribution in [0.5, 0.6) is 0 Å². The van der Waals surface area contributed by atoms with E-state index in [1.165, 1.54) is 24.3 Å². The molecule has 1 aliphatic rings. The molecule has 3 rings (SSSR count). The number of benzene rings is 1. The number of nitrogens with zero attached hydrogens (tertiary/aromatic N) is 4. The molecular formula is C16H18N4O3S. The number of aromatic nitrogens is 2. The lowest BCUT2D eigenvalue weighted by atomic mass is 9.97. The fourth-order valence-corrected chi connectivity index (χ4v) is 3.76. The van der Waals surface area contributed by atoms with E-state index >= 15 is 0 Å². The maximum atomic E-state index is 12.5. The molecule has 0 spiro atoms. The molecule has 0 N–H and O–H groups in total. The summed E-state index contributed by atoms with van der Waals surface area (Å²) in [6, 6.07) is 5.77. The maximum absolute atomic E-state index is 12.5. The summed E-state index contributed by atoms with van der Waals surface area (Å²) in [4.78, 5) is 24.5. The molecule has 0 bridgehead atoms. The quantitative estimate of drug-likeness (QED) is 0.627. The smallest absolute Gasteiger partial charge is 0.269 e. The largest absolute Gasteiger partial charge is 0.339 e. The van der Waals surface area contributed by atoms with Crippen molar-refractivity contribution in [2.24, 2.45) is 0 Å². The van der Waals surface area contributed by atoms with Gasteiger partial charge in [-0.25, -0.2) is 0 Å². The zero-order valence-corrected chi connectivity index (χ0v) is 14.2. The molecule has 1 aliphatic heterocycles. The van der Waals surface area contributed by atoms with Crippen LogP contribution in [-0.2, 0) is 6.42 Å². The average molecular weight is 346 g/mol. The Balaban J connectivity index is 1.61. The van der Waals surface area contributed by atoms with Gasteiger partial charge in [-0.1, -0.05) is 6.92 Å². The SMILES string of the molecule is CCc1nnc(C2CCN(C(=O)c3ccc([N+](=O)[O-])cc3)CC2)s1. The topological polar surface area (TPSA) is 89.2 Å². The molecule has 2 heterocycles. The number of carbonyl (C=O) groups excluding carboxylic acids is 1. The van der Waals surface area contributed by atoms with Gasteiger partial charge in [0.05, 0.1) is 4.92 Å². The van der Waals surface area contributed by atoms with Gasteiger partial charge in [0, 0.05) is 36.7 Å². The number of piperidine rings is 1. The van der Waals surface area contributed by atoms with Crippen LogP contribution in [-0.4, -0.2) is 39.0 Å². The van der Waals surface area contributed by atoms with Gasteiger partial charge < -0.3 is 4.90 Å². The zero-order chi connectivity index (χ0) is 17.1. The van der Waals surface area contributed by atoms with E-state index in [1.54, 1.807) is 16.2 Å². The first-order valence-electron chi connectivity index (χ1n) is 7.94. The van der Waals surface area contributed by atoms with Crippen LogP contribution in [0.2, 0.25) is 0 Å². The second-order valence-corrected chi connectivity index (χ2v) is 6.85. The van der Waals surface area contributed by atoms with Crippen LogP contribution >= 0.6 is 11.3 Å². The van der Waals surface area contributed by atoms with Gasteiger partial charge in [0.25, 0.3) is 11.6 Å². The van der Waals surface area contributed by atoms with Crippen LogP contribution in [0.25, 0.3) is 0 Å². The zero-order valence-electron chi connectivity index (χ0n) is 13.3. The first-order valence-corrected chi connectivity index (χ1v) is 8.76. The minimum atomic E-state index is -0.466. The number of aryl methyl sites for hydroxylation is 1. The molecule has 2 aromatic rings. The van der Waals surface area contributed by atoms with E-state index in [2.05, 4.69) is 17.1 Å². The van der Waals surface area contributed by atoms with Crippen molar-refractivity contribution >= 4 is 22.9 Å². The molecule has 1 saturated heterocycles. The summed E-state index contributed by atoms with van der Waals surface area (Å²) in [6.07, 6.45) is 2.64. The molecule has 1 amide bonds. The van der Waals surface area contributed by atoms with E-state index in [9.17, 15) is 14.9 Å². The summed E-state index contributed by atoms with van der Waals surface area (Å²) in [6.45, 7) is 3.40. The Kier molecular flexibility index (Phi) is 4.84. The number of rotatable bonds is 4. The highest BCUT2D eigenvalue weighted by atomic mass is 32.1. The van der Waals surface area contributed by atoms with E-state index in [-0.39, 0.29) is 11.6 Å². The van der Waals surface area contributed by atoms with Crippen molar-refractivity contribution in [2.75, 3.05) is 13.1 Å². The summed E-state index contributed by atoms with van der Waals surface area (Å²) < 4.78 is 0. The Morgan fingerprint density at radius 3 is 2.50 bits per heavy atom. The fraction of sp³-hybridized carbons (Fsp3) is 0.438. The van der Waals surface area contributed by atoms with Crippen molar-refractivity contribution in [3.8, 4) is 0 Å². The molecule has 0 saturated carbocycles. The molecule has 7 nitrogen and oxygen atoms in total. The van der Waals surface area contributed by atoms with Crippen molar-refractivity contribution in [1.29, 1.82) is 0 Å². The molecule has 126 valence electrons. The van der Waals surface area contributed by atoms with Crippen molar-refractivity contribution in [3.05, 3.63) is 50.0 Å². The van der Waals surface area contributed by atoms with Crippen LogP contribution in [0.3, 0.4) is 0 Å². The lowest BCUT2D eigenvalue weighted by molar-refractivity contribution is -0.384. The first kappa shape index (κ1) is 16.5. The molecule has 1 aromatic carbocycles. The summed E-state index contributed by atoms with van der Waals surface area (Å²) in [7, 11) is 0. The molecule has 0 radical (unpaired) electrons. The number of non-ortho nitro benzene ring substituents is 1. The molecule has 0 unspecified atom stereocenters. The van der Waals surface area contributed by atoms with E-state index < -0.39 is 4.92 Å². The van der Waals surface area contributed by atoms with Gasteiger partial charge in [0.1, 0.15) is 10.0 Å². The first-order chi connectivity index (χ1) is 11.6. The van der Waals surface area contributed by atoms with Gasteiger partial charge >= 0.3 is 0 Å². The molecule has 24 heavy (non-hydrogen) atoms. The van der Waals surface area contributed by atoms with Crippen LogP contribution in [0, 0.1) is 10.1 Å². The van der Waals surface area contributed by atoms with Crippen LogP contribution in [0.4, 0.5) is 5.69 Å². The predicted octanol–water partition coefficient (Wildman–Crippen LogP) is 3.03. The number of amides is 1. The Morgan fingerprint density at radius 2 is 1.96 bits per heavy atom. The number of nitro groups is 1. The van der Waals surface area contributed by atoms with Crippen molar-refractivity contribution in [2.45, 2.75) is 32.1 Å². The van der Waals surface area contributed by atoms with Crippen LogP contribution in [0.15, 0.2) is 24.3 Å². The summed E-state index contributed by atoms with van der Waals surface area (Å²) in [5, 5.41) is 21.2. The van der Waals surface area contributed by atoms with Gasteiger partial charge in [0.2, 0.25) is 0 Å². The third-order valence-electron chi connectivity index (χ3n) is 4.24. The number of hydrogen-bond donors (Lipinski definition) is 0. The second kappa shape index (κ2) is 7.04. The van der Waals surface area contributed by atoms with Gasteiger partial charge in [0.15, 0.2) is 0 Å². The van der Waals surface area contributed by atoms with Gasteiger partial charge in [-0.2, -0.15) is 0 Å². The Hall–Kier alpha value is -2.35. The van der Waals surface area contributed by atoms with Gasteiger partial charge in [-0.3, -0.25) is 14.9 Å². The summed E-state index contributed by atoms with van der Waals surface area (Å²) in [5.41, 5.74) is 0.483. The molecular weight excluding hydrogens is 328 g/mol. The van der Waals surface area contributed by atoms with Crippen molar-refractivity contribution in [1.82, 2.24) is 15.1 Å². The fourth-order valence-electron chi connectivity index (χ4n) is 2.81. The molecule has 0 atom stereocenters. The third kappa shape index (κ3) is 3.43. The van der Waals surface area contributed by atoms with Crippen molar-refractivity contribution in [3.63, 3.8) is 0 Å². The highest BCUT2D eigenvalue weighted by Crippen LogP contribution is 2.30. The number of nitro benzene ring substituents is 1. The highest BCUT2D eigenvalue weighted by molar-refractivity contribution is 7.11. The molecule has 0 aliphatic carbocycles. The van der Waals surface area contributed by atoms with Crippen molar-refractivity contribution < 1.29 is 9.72 Å². The minimum Gasteiger partial charge on any atom is -0.339 e. The van der Waals surface area contributed by atoms with Gasteiger partial charge in [-0.05, 0) is 31.4 Å². The lowest BCUT2D eigenvalue weighted by Crippen LogP contribution is -2.37. The number of hydrogen-bond acceptors (Lipinski definition) is 6. The van der Waals surface area contributed by atoms with Crippen LogP contribution < -0.4 is 0 Å². The average Bonchev–Trinajstić information content (AvgIpc) is 3.10.